The van der Waals surface area contributed by atoms with E-state index in [1.54, 1.807) is 27.2 Å². The van der Waals surface area contributed by atoms with Gasteiger partial charge >= 0.3 is 5.97 Å². The molecule has 0 amide bonds. The first kappa shape index (κ1) is 13.3. The molecule has 0 aliphatic carbocycles. The van der Waals surface area contributed by atoms with E-state index in [2.05, 4.69) is 5.32 Å². The number of rotatable bonds is 6. The molecule has 94 valence electrons. The lowest BCUT2D eigenvalue weighted by molar-refractivity contribution is -0.139. The monoisotopic (exact) mass is 239 g/mol. The highest BCUT2D eigenvalue weighted by Gasteiger charge is 2.10. The van der Waals surface area contributed by atoms with Gasteiger partial charge in [0.15, 0.2) is 11.5 Å². The van der Waals surface area contributed by atoms with Gasteiger partial charge in [-0.2, -0.15) is 0 Å². The van der Waals surface area contributed by atoms with E-state index in [-0.39, 0.29) is 0 Å². The molecule has 1 rings (SSSR count). The van der Waals surface area contributed by atoms with Crippen LogP contribution in [0.1, 0.15) is 12.5 Å². The fourth-order valence-corrected chi connectivity index (χ4v) is 1.35. The van der Waals surface area contributed by atoms with Crippen molar-refractivity contribution in [3.63, 3.8) is 0 Å². The van der Waals surface area contributed by atoms with E-state index < -0.39 is 12.0 Å². The van der Waals surface area contributed by atoms with Gasteiger partial charge in [-0.05, 0) is 24.6 Å². The molecule has 0 aromatic heterocycles. The summed E-state index contributed by atoms with van der Waals surface area (Å²) in [6.07, 6.45) is 0. The van der Waals surface area contributed by atoms with Crippen LogP contribution >= 0.6 is 0 Å². The number of aliphatic carboxylic acids is 1. The van der Waals surface area contributed by atoms with Gasteiger partial charge in [-0.15, -0.1) is 0 Å². The van der Waals surface area contributed by atoms with E-state index in [1.165, 1.54) is 0 Å². The van der Waals surface area contributed by atoms with Gasteiger partial charge in [-0.3, -0.25) is 4.79 Å². The molecular weight excluding hydrogens is 222 g/mol. The van der Waals surface area contributed by atoms with Crippen LogP contribution in [0.3, 0.4) is 0 Å². The average molecular weight is 239 g/mol. The second-order valence-corrected chi connectivity index (χ2v) is 3.63. The smallest absolute Gasteiger partial charge is 0.320 e. The molecule has 1 aromatic carbocycles. The standard InChI is InChI=1S/C12H17NO4/c1-8(12(14)15)13-7-9-4-5-10(16-2)11(6-9)17-3/h4-6,8,13H,7H2,1-3H3,(H,14,15). The Morgan fingerprint density at radius 2 is 2.00 bits per heavy atom. The molecular formula is C12H17NO4. The van der Waals surface area contributed by atoms with Crippen LogP contribution in [0, 0.1) is 0 Å². The fraction of sp³-hybridized carbons (Fsp3) is 0.417. The fourth-order valence-electron chi connectivity index (χ4n) is 1.35. The van der Waals surface area contributed by atoms with Crippen LogP contribution < -0.4 is 14.8 Å². The summed E-state index contributed by atoms with van der Waals surface area (Å²) in [5.41, 5.74) is 0.941. The predicted octanol–water partition coefficient (Wildman–Crippen LogP) is 1.27. The molecule has 0 saturated carbocycles. The SMILES string of the molecule is COc1ccc(CNC(C)C(=O)O)cc1OC. The second-order valence-electron chi connectivity index (χ2n) is 3.63. The van der Waals surface area contributed by atoms with E-state index in [4.69, 9.17) is 14.6 Å². The number of hydrogen-bond donors (Lipinski definition) is 2. The number of nitrogens with one attached hydrogen (secondary N) is 1. The highest BCUT2D eigenvalue weighted by atomic mass is 16.5. The molecule has 5 nitrogen and oxygen atoms in total. The van der Waals surface area contributed by atoms with Crippen LogP contribution in [0.2, 0.25) is 0 Å². The van der Waals surface area contributed by atoms with Crippen molar-refractivity contribution in [2.75, 3.05) is 14.2 Å². The topological polar surface area (TPSA) is 67.8 Å². The van der Waals surface area contributed by atoms with Crippen molar-refractivity contribution in [3.8, 4) is 11.5 Å². The second kappa shape index (κ2) is 6.10. The summed E-state index contributed by atoms with van der Waals surface area (Å²) in [5.74, 6) is 0.419. The van der Waals surface area contributed by atoms with Gasteiger partial charge < -0.3 is 19.9 Å². The number of carbonyl (C=O) groups is 1. The Morgan fingerprint density at radius 1 is 1.35 bits per heavy atom. The first-order chi connectivity index (χ1) is 8.08. The van der Waals surface area contributed by atoms with Gasteiger partial charge in [0.2, 0.25) is 0 Å². The molecule has 2 N–H and O–H groups in total. The number of methoxy groups -OCH3 is 2. The highest BCUT2D eigenvalue weighted by molar-refractivity contribution is 5.72. The molecule has 0 bridgehead atoms. The number of benzene rings is 1. The zero-order chi connectivity index (χ0) is 12.8. The van der Waals surface area contributed by atoms with E-state index in [0.29, 0.717) is 18.0 Å². The van der Waals surface area contributed by atoms with E-state index in [1.807, 2.05) is 12.1 Å². The summed E-state index contributed by atoms with van der Waals surface area (Å²) >= 11 is 0. The first-order valence-corrected chi connectivity index (χ1v) is 5.25. The van der Waals surface area contributed by atoms with E-state index in [9.17, 15) is 4.79 Å². The Balaban J connectivity index is 2.69. The molecule has 1 atom stereocenters. The van der Waals surface area contributed by atoms with Crippen molar-refractivity contribution >= 4 is 5.97 Å². The zero-order valence-electron chi connectivity index (χ0n) is 10.2. The summed E-state index contributed by atoms with van der Waals surface area (Å²) in [5, 5.41) is 11.6. The molecule has 0 heterocycles. The third-order valence-corrected chi connectivity index (χ3v) is 2.43. The van der Waals surface area contributed by atoms with Crippen LogP contribution in [0.25, 0.3) is 0 Å². The van der Waals surface area contributed by atoms with Crippen LogP contribution in [0.5, 0.6) is 11.5 Å². The third-order valence-electron chi connectivity index (χ3n) is 2.43. The van der Waals surface area contributed by atoms with Crippen LogP contribution in [0.15, 0.2) is 18.2 Å². The molecule has 0 radical (unpaired) electrons. The average Bonchev–Trinajstić information content (AvgIpc) is 2.35. The molecule has 0 saturated heterocycles. The minimum atomic E-state index is -0.870. The van der Waals surface area contributed by atoms with Crippen molar-refractivity contribution in [2.24, 2.45) is 0 Å². The minimum absolute atomic E-state index is 0.466. The van der Waals surface area contributed by atoms with Crippen molar-refractivity contribution in [2.45, 2.75) is 19.5 Å². The lowest BCUT2D eigenvalue weighted by atomic mass is 10.2. The van der Waals surface area contributed by atoms with Gasteiger partial charge in [-0.25, -0.2) is 0 Å². The highest BCUT2D eigenvalue weighted by Crippen LogP contribution is 2.27. The molecule has 5 heteroatoms. The first-order valence-electron chi connectivity index (χ1n) is 5.25. The Kier molecular flexibility index (Phi) is 4.78. The molecule has 17 heavy (non-hydrogen) atoms. The number of carboxylic acid groups (broad SMARTS) is 1. The van der Waals surface area contributed by atoms with Crippen LogP contribution in [-0.2, 0) is 11.3 Å². The van der Waals surface area contributed by atoms with Gasteiger partial charge in [0.25, 0.3) is 0 Å². The van der Waals surface area contributed by atoms with Gasteiger partial charge in [-0.1, -0.05) is 6.07 Å². The third kappa shape index (κ3) is 3.64. The summed E-state index contributed by atoms with van der Waals surface area (Å²) in [7, 11) is 3.14. The van der Waals surface area contributed by atoms with E-state index in [0.717, 1.165) is 5.56 Å². The maximum Gasteiger partial charge on any atom is 0.320 e. The maximum atomic E-state index is 10.6. The summed E-state index contributed by atoms with van der Waals surface area (Å²) < 4.78 is 10.3. The summed E-state index contributed by atoms with van der Waals surface area (Å²) in [6.45, 7) is 2.07. The summed E-state index contributed by atoms with van der Waals surface area (Å²) in [4.78, 5) is 10.6. The normalized spacial score (nSPS) is 11.9. The number of hydrogen-bond acceptors (Lipinski definition) is 4. The lowest BCUT2D eigenvalue weighted by Crippen LogP contribution is -2.33. The minimum Gasteiger partial charge on any atom is -0.493 e. The molecule has 0 aliphatic heterocycles. The molecule has 1 aromatic rings. The molecule has 0 fully saturated rings. The lowest BCUT2D eigenvalue weighted by Gasteiger charge is -2.12. The van der Waals surface area contributed by atoms with Gasteiger partial charge in [0, 0.05) is 6.54 Å². The van der Waals surface area contributed by atoms with Gasteiger partial charge in [0.05, 0.1) is 14.2 Å². The quantitative estimate of drug-likeness (QED) is 0.782. The zero-order valence-corrected chi connectivity index (χ0v) is 10.2. The van der Waals surface area contributed by atoms with Crippen LogP contribution in [0.4, 0.5) is 0 Å². The van der Waals surface area contributed by atoms with Crippen molar-refractivity contribution < 1.29 is 19.4 Å². The Labute approximate surface area is 100 Å². The molecule has 0 aliphatic rings. The van der Waals surface area contributed by atoms with E-state index >= 15 is 0 Å². The molecule has 1 unspecified atom stereocenters. The number of ether oxygens (including phenoxy) is 2. The summed E-state index contributed by atoms with van der Waals surface area (Å²) in [6, 6.07) is 4.90. The Bertz CT molecular complexity index is 392. The van der Waals surface area contributed by atoms with Crippen molar-refractivity contribution in [1.82, 2.24) is 5.32 Å². The Hall–Kier alpha value is -1.75. The Morgan fingerprint density at radius 3 is 2.53 bits per heavy atom. The van der Waals surface area contributed by atoms with Crippen molar-refractivity contribution in [1.29, 1.82) is 0 Å². The molecule has 0 spiro atoms. The van der Waals surface area contributed by atoms with Crippen molar-refractivity contribution in [3.05, 3.63) is 23.8 Å². The predicted molar refractivity (Wildman–Crippen MR) is 63.5 cm³/mol. The van der Waals surface area contributed by atoms with Gasteiger partial charge in [0.1, 0.15) is 6.04 Å². The largest absolute Gasteiger partial charge is 0.493 e. The maximum absolute atomic E-state index is 10.6. The number of carboxylic acids is 1. The van der Waals surface area contributed by atoms with Crippen LogP contribution in [-0.4, -0.2) is 31.3 Å².